The Kier molecular flexibility index (Phi) is 4.52. The van der Waals surface area contributed by atoms with E-state index >= 15 is 0 Å². The molecular weight excluding hydrogens is 226 g/mol. The molecule has 6 heteroatoms. The van der Waals surface area contributed by atoms with Crippen LogP contribution in [0.5, 0.6) is 0 Å². The predicted octanol–water partition coefficient (Wildman–Crippen LogP) is 0.894. The molecule has 0 unspecified atom stereocenters. The Bertz CT molecular complexity index is 425. The zero-order valence-electron chi connectivity index (χ0n) is 9.73. The first-order valence-corrected chi connectivity index (χ1v) is 6.80. The summed E-state index contributed by atoms with van der Waals surface area (Å²) in [5.74, 6) is 0. The molecule has 16 heavy (non-hydrogen) atoms. The van der Waals surface area contributed by atoms with E-state index in [0.717, 1.165) is 18.5 Å². The number of aromatic nitrogens is 1. The Morgan fingerprint density at radius 2 is 2.19 bits per heavy atom. The maximum atomic E-state index is 12.0. The fourth-order valence-electron chi connectivity index (χ4n) is 1.37. The summed E-state index contributed by atoms with van der Waals surface area (Å²) >= 11 is 0. The van der Waals surface area contributed by atoms with E-state index in [1.807, 2.05) is 6.92 Å². The smallest absolute Gasteiger partial charge is 0.244 e. The summed E-state index contributed by atoms with van der Waals surface area (Å²) in [6, 6.07) is 1.58. The number of hydrogen-bond acceptors (Lipinski definition) is 3. The molecule has 0 aliphatic heterocycles. The molecule has 0 saturated carbocycles. The minimum Gasteiger partial charge on any atom is -0.363 e. The second-order valence-electron chi connectivity index (χ2n) is 3.74. The van der Waals surface area contributed by atoms with Gasteiger partial charge in [-0.3, -0.25) is 0 Å². The third-order valence-electron chi connectivity index (χ3n) is 2.47. The number of unbranched alkanes of at least 4 members (excludes halogenated alkanes) is 1. The first-order chi connectivity index (χ1) is 7.52. The number of H-pyrrole nitrogens is 1. The Morgan fingerprint density at radius 1 is 1.50 bits per heavy atom. The highest BCUT2D eigenvalue weighted by atomic mass is 32.2. The van der Waals surface area contributed by atoms with Gasteiger partial charge >= 0.3 is 0 Å². The number of rotatable bonds is 6. The molecule has 0 saturated heterocycles. The lowest BCUT2D eigenvalue weighted by atomic mass is 10.3. The standard InChI is InChI=1S/C10H19N3O2S/c1-3-4-5-13(2)16(14,15)10-6-9(7-11)12-8-10/h6,8,12H,3-5,7,11H2,1-2H3. The van der Waals surface area contributed by atoms with Crippen LogP contribution in [0.25, 0.3) is 0 Å². The Hall–Kier alpha value is -0.850. The highest BCUT2D eigenvalue weighted by Crippen LogP contribution is 2.15. The molecule has 1 rings (SSSR count). The average Bonchev–Trinajstić information content (AvgIpc) is 2.74. The van der Waals surface area contributed by atoms with Gasteiger partial charge in [0.05, 0.1) is 4.90 Å². The van der Waals surface area contributed by atoms with E-state index in [1.54, 1.807) is 13.1 Å². The second kappa shape index (κ2) is 5.47. The number of nitrogens with one attached hydrogen (secondary N) is 1. The van der Waals surface area contributed by atoms with Crippen molar-refractivity contribution < 1.29 is 8.42 Å². The van der Waals surface area contributed by atoms with Crippen molar-refractivity contribution in [2.45, 2.75) is 31.2 Å². The van der Waals surface area contributed by atoms with Crippen molar-refractivity contribution in [2.24, 2.45) is 5.73 Å². The minimum absolute atomic E-state index is 0.284. The number of nitrogens with zero attached hydrogens (tertiary/aromatic N) is 1. The number of aromatic amines is 1. The second-order valence-corrected chi connectivity index (χ2v) is 5.79. The Morgan fingerprint density at radius 3 is 2.69 bits per heavy atom. The maximum absolute atomic E-state index is 12.0. The van der Waals surface area contributed by atoms with Gasteiger partial charge in [-0.25, -0.2) is 12.7 Å². The van der Waals surface area contributed by atoms with Gasteiger partial charge in [0.1, 0.15) is 0 Å². The van der Waals surface area contributed by atoms with Crippen LogP contribution in [0.4, 0.5) is 0 Å². The number of hydrogen-bond donors (Lipinski definition) is 2. The zero-order chi connectivity index (χ0) is 12.2. The van der Waals surface area contributed by atoms with Crippen molar-refractivity contribution in [3.05, 3.63) is 18.0 Å². The quantitative estimate of drug-likeness (QED) is 0.781. The number of nitrogens with two attached hydrogens (primary N) is 1. The van der Waals surface area contributed by atoms with E-state index < -0.39 is 10.0 Å². The van der Waals surface area contributed by atoms with E-state index in [0.29, 0.717) is 13.1 Å². The summed E-state index contributed by atoms with van der Waals surface area (Å²) in [7, 11) is -1.76. The maximum Gasteiger partial charge on any atom is 0.244 e. The summed E-state index contributed by atoms with van der Waals surface area (Å²) in [4.78, 5) is 3.13. The van der Waals surface area contributed by atoms with Crippen LogP contribution in [0.3, 0.4) is 0 Å². The van der Waals surface area contributed by atoms with Crippen LogP contribution in [0.1, 0.15) is 25.5 Å². The molecule has 1 aromatic rings. The van der Waals surface area contributed by atoms with Crippen molar-refractivity contribution in [3.8, 4) is 0 Å². The van der Waals surface area contributed by atoms with Crippen molar-refractivity contribution >= 4 is 10.0 Å². The molecule has 0 amide bonds. The first kappa shape index (κ1) is 13.2. The van der Waals surface area contributed by atoms with E-state index in [-0.39, 0.29) is 4.90 Å². The lowest BCUT2D eigenvalue weighted by Crippen LogP contribution is -2.27. The van der Waals surface area contributed by atoms with E-state index in [1.165, 1.54) is 10.5 Å². The van der Waals surface area contributed by atoms with Crippen LogP contribution in [-0.2, 0) is 16.6 Å². The van der Waals surface area contributed by atoms with Gasteiger partial charge in [0.15, 0.2) is 0 Å². The van der Waals surface area contributed by atoms with Gasteiger partial charge in [-0.1, -0.05) is 13.3 Å². The van der Waals surface area contributed by atoms with Gasteiger partial charge in [0.2, 0.25) is 10.0 Å². The predicted molar refractivity (Wildman–Crippen MR) is 63.4 cm³/mol. The molecule has 3 N–H and O–H groups in total. The fourth-order valence-corrected chi connectivity index (χ4v) is 2.59. The van der Waals surface area contributed by atoms with E-state index in [4.69, 9.17) is 5.73 Å². The summed E-state index contributed by atoms with van der Waals surface area (Å²) in [6.45, 7) is 2.89. The topological polar surface area (TPSA) is 79.2 Å². The molecule has 1 heterocycles. The van der Waals surface area contributed by atoms with Crippen molar-refractivity contribution in [1.82, 2.24) is 9.29 Å². The molecule has 1 aromatic heterocycles. The lowest BCUT2D eigenvalue weighted by molar-refractivity contribution is 0.459. The van der Waals surface area contributed by atoms with E-state index in [9.17, 15) is 8.42 Å². The van der Waals surface area contributed by atoms with Crippen LogP contribution >= 0.6 is 0 Å². The van der Waals surface area contributed by atoms with Gasteiger partial charge in [-0.05, 0) is 12.5 Å². The van der Waals surface area contributed by atoms with Crippen molar-refractivity contribution in [2.75, 3.05) is 13.6 Å². The van der Waals surface area contributed by atoms with Gasteiger partial charge in [0, 0.05) is 32.0 Å². The average molecular weight is 245 g/mol. The fraction of sp³-hybridized carbons (Fsp3) is 0.600. The van der Waals surface area contributed by atoms with Crippen LogP contribution in [0, 0.1) is 0 Å². The molecule has 92 valence electrons. The molecule has 0 fully saturated rings. The van der Waals surface area contributed by atoms with Crippen LogP contribution in [0.15, 0.2) is 17.2 Å². The molecule has 0 radical (unpaired) electrons. The summed E-state index contributed by atoms with van der Waals surface area (Å²) in [5.41, 5.74) is 6.15. The van der Waals surface area contributed by atoms with Gasteiger partial charge < -0.3 is 10.7 Å². The Labute approximate surface area is 96.7 Å². The van der Waals surface area contributed by atoms with Gasteiger partial charge in [0.25, 0.3) is 0 Å². The van der Waals surface area contributed by atoms with Crippen molar-refractivity contribution in [3.63, 3.8) is 0 Å². The molecule has 0 spiro atoms. The molecule has 5 nitrogen and oxygen atoms in total. The third kappa shape index (κ3) is 2.84. The highest BCUT2D eigenvalue weighted by molar-refractivity contribution is 7.89. The third-order valence-corrected chi connectivity index (χ3v) is 4.31. The Balaban J connectivity index is 2.84. The monoisotopic (exact) mass is 245 g/mol. The largest absolute Gasteiger partial charge is 0.363 e. The summed E-state index contributed by atoms with van der Waals surface area (Å²) in [5, 5.41) is 0. The van der Waals surface area contributed by atoms with Gasteiger partial charge in [-0.2, -0.15) is 0 Å². The molecule has 0 aliphatic carbocycles. The normalized spacial score (nSPS) is 12.2. The number of sulfonamides is 1. The van der Waals surface area contributed by atoms with Crippen LogP contribution in [0.2, 0.25) is 0 Å². The zero-order valence-corrected chi connectivity index (χ0v) is 10.5. The summed E-state index contributed by atoms with van der Waals surface area (Å²) < 4.78 is 25.4. The molecule has 0 atom stereocenters. The minimum atomic E-state index is -3.35. The highest BCUT2D eigenvalue weighted by Gasteiger charge is 2.21. The molecule has 0 aliphatic rings. The molecular formula is C10H19N3O2S. The van der Waals surface area contributed by atoms with E-state index in [2.05, 4.69) is 4.98 Å². The molecule has 0 aromatic carbocycles. The molecule has 0 bridgehead atoms. The van der Waals surface area contributed by atoms with Crippen molar-refractivity contribution in [1.29, 1.82) is 0 Å². The lowest BCUT2D eigenvalue weighted by Gasteiger charge is -2.15. The van der Waals surface area contributed by atoms with Crippen LogP contribution < -0.4 is 5.73 Å². The SMILES string of the molecule is CCCCN(C)S(=O)(=O)c1c[nH]c(CN)c1. The van der Waals surface area contributed by atoms with Crippen LogP contribution in [-0.4, -0.2) is 31.3 Å². The summed E-state index contributed by atoms with van der Waals surface area (Å²) in [6.07, 6.45) is 3.32. The first-order valence-electron chi connectivity index (χ1n) is 5.36. The van der Waals surface area contributed by atoms with Gasteiger partial charge in [-0.15, -0.1) is 0 Å².